The van der Waals surface area contributed by atoms with Crippen molar-refractivity contribution in [2.24, 2.45) is 0 Å². The van der Waals surface area contributed by atoms with Crippen molar-refractivity contribution in [2.45, 2.75) is 13.0 Å². The van der Waals surface area contributed by atoms with Crippen molar-refractivity contribution in [3.63, 3.8) is 0 Å². The highest BCUT2D eigenvalue weighted by molar-refractivity contribution is 5.48. The first-order valence-corrected chi connectivity index (χ1v) is 6.31. The highest BCUT2D eigenvalue weighted by Crippen LogP contribution is 2.33. The number of ether oxygens (including phenoxy) is 2. The topological polar surface area (TPSA) is 56.3 Å². The molecule has 1 aliphatic heterocycles. The van der Waals surface area contributed by atoms with E-state index in [-0.39, 0.29) is 0 Å². The van der Waals surface area contributed by atoms with Crippen LogP contribution < -0.4 is 14.8 Å². The van der Waals surface area contributed by atoms with Crippen LogP contribution in [0.15, 0.2) is 36.8 Å². The Hall–Kier alpha value is -2.30. The average molecular weight is 257 g/mol. The molecule has 1 N–H and O–H groups in total. The molecule has 0 bridgehead atoms. The average Bonchev–Trinajstić information content (AvgIpc) is 2.72. The lowest BCUT2D eigenvalue weighted by atomic mass is 10.2. The van der Waals surface area contributed by atoms with Crippen molar-refractivity contribution in [1.29, 1.82) is 0 Å². The Bertz CT molecular complexity index is 546. The summed E-state index contributed by atoms with van der Waals surface area (Å²) in [7, 11) is 0. The van der Waals surface area contributed by atoms with Crippen molar-refractivity contribution in [1.82, 2.24) is 9.97 Å². The number of anilines is 1. The smallest absolute Gasteiger partial charge is 0.166 e. The molecule has 1 aromatic carbocycles. The molecule has 5 heteroatoms. The SMILES string of the molecule is c1cc(CNc2cnccn2)c2c(c1)OCCCO2. The fraction of sp³-hybridized carbons (Fsp3) is 0.286. The van der Waals surface area contributed by atoms with Crippen molar-refractivity contribution in [3.8, 4) is 11.5 Å². The van der Waals surface area contributed by atoms with Gasteiger partial charge in [0.05, 0.1) is 19.4 Å². The predicted octanol–water partition coefficient (Wildman–Crippen LogP) is 2.25. The number of benzene rings is 1. The van der Waals surface area contributed by atoms with Gasteiger partial charge in [-0.05, 0) is 6.07 Å². The first-order valence-electron chi connectivity index (χ1n) is 6.31. The van der Waals surface area contributed by atoms with Crippen molar-refractivity contribution >= 4 is 5.82 Å². The van der Waals surface area contributed by atoms with E-state index in [0.29, 0.717) is 19.8 Å². The van der Waals surface area contributed by atoms with E-state index in [2.05, 4.69) is 15.3 Å². The minimum atomic E-state index is 0.630. The number of aromatic nitrogens is 2. The Morgan fingerprint density at radius 1 is 1.16 bits per heavy atom. The van der Waals surface area contributed by atoms with Gasteiger partial charge in [0.25, 0.3) is 0 Å². The summed E-state index contributed by atoms with van der Waals surface area (Å²) >= 11 is 0. The van der Waals surface area contributed by atoms with E-state index >= 15 is 0 Å². The Morgan fingerprint density at radius 3 is 3.00 bits per heavy atom. The molecular formula is C14H15N3O2. The molecule has 0 fully saturated rings. The van der Waals surface area contributed by atoms with Crippen LogP contribution in [0.2, 0.25) is 0 Å². The molecule has 1 aliphatic rings. The van der Waals surface area contributed by atoms with Crippen LogP contribution in [-0.2, 0) is 6.54 Å². The van der Waals surface area contributed by atoms with Gasteiger partial charge >= 0.3 is 0 Å². The summed E-state index contributed by atoms with van der Waals surface area (Å²) < 4.78 is 11.4. The highest BCUT2D eigenvalue weighted by Gasteiger charge is 2.14. The normalized spacial score (nSPS) is 13.7. The standard InChI is InChI=1S/C14H15N3O2/c1-3-11(9-17-13-10-15-5-6-16-13)14-12(4-1)18-7-2-8-19-14/h1,3-6,10H,2,7-9H2,(H,16,17). The summed E-state index contributed by atoms with van der Waals surface area (Å²) in [6.07, 6.45) is 5.91. The lowest BCUT2D eigenvalue weighted by Crippen LogP contribution is -2.04. The summed E-state index contributed by atoms with van der Waals surface area (Å²) in [5.41, 5.74) is 1.06. The molecule has 0 aliphatic carbocycles. The number of nitrogens with zero attached hydrogens (tertiary/aromatic N) is 2. The molecule has 0 radical (unpaired) electrons. The van der Waals surface area contributed by atoms with Gasteiger partial charge in [-0.2, -0.15) is 0 Å². The van der Waals surface area contributed by atoms with Crippen molar-refractivity contribution in [2.75, 3.05) is 18.5 Å². The van der Waals surface area contributed by atoms with Gasteiger partial charge in [0, 0.05) is 30.9 Å². The fourth-order valence-electron chi connectivity index (χ4n) is 1.97. The summed E-state index contributed by atoms with van der Waals surface area (Å²) in [6, 6.07) is 5.94. The molecular weight excluding hydrogens is 242 g/mol. The van der Waals surface area contributed by atoms with E-state index in [0.717, 1.165) is 29.3 Å². The Labute approximate surface area is 111 Å². The number of hydrogen-bond donors (Lipinski definition) is 1. The molecule has 0 atom stereocenters. The number of para-hydroxylation sites is 1. The Balaban J connectivity index is 1.78. The van der Waals surface area contributed by atoms with Gasteiger partial charge in [0.2, 0.25) is 0 Å². The zero-order valence-electron chi connectivity index (χ0n) is 10.5. The van der Waals surface area contributed by atoms with Crippen LogP contribution in [-0.4, -0.2) is 23.2 Å². The fourth-order valence-corrected chi connectivity index (χ4v) is 1.97. The van der Waals surface area contributed by atoms with Crippen LogP contribution in [0, 0.1) is 0 Å². The first-order chi connectivity index (χ1) is 9.43. The minimum Gasteiger partial charge on any atom is -0.490 e. The van der Waals surface area contributed by atoms with Gasteiger partial charge in [0.15, 0.2) is 11.5 Å². The van der Waals surface area contributed by atoms with Crippen LogP contribution in [0.1, 0.15) is 12.0 Å². The van der Waals surface area contributed by atoms with Crippen LogP contribution >= 0.6 is 0 Å². The minimum absolute atomic E-state index is 0.630. The summed E-state index contributed by atoms with van der Waals surface area (Å²) in [4.78, 5) is 8.20. The first kappa shape index (κ1) is 11.8. The molecule has 3 rings (SSSR count). The highest BCUT2D eigenvalue weighted by atomic mass is 16.5. The van der Waals surface area contributed by atoms with E-state index in [1.807, 2.05) is 18.2 Å². The molecule has 0 amide bonds. The number of hydrogen-bond acceptors (Lipinski definition) is 5. The van der Waals surface area contributed by atoms with E-state index in [9.17, 15) is 0 Å². The molecule has 0 saturated heterocycles. The van der Waals surface area contributed by atoms with Crippen LogP contribution in [0.5, 0.6) is 11.5 Å². The second-order valence-corrected chi connectivity index (χ2v) is 4.24. The molecule has 0 unspecified atom stereocenters. The van der Waals surface area contributed by atoms with Crippen LogP contribution in [0.4, 0.5) is 5.82 Å². The lowest BCUT2D eigenvalue weighted by molar-refractivity contribution is 0.296. The molecule has 0 spiro atoms. The third-order valence-corrected chi connectivity index (χ3v) is 2.88. The van der Waals surface area contributed by atoms with Crippen molar-refractivity contribution < 1.29 is 9.47 Å². The molecule has 5 nitrogen and oxygen atoms in total. The summed E-state index contributed by atoms with van der Waals surface area (Å²) in [6.45, 7) is 2.02. The Morgan fingerprint density at radius 2 is 2.11 bits per heavy atom. The van der Waals surface area contributed by atoms with E-state index in [4.69, 9.17) is 9.47 Å². The zero-order chi connectivity index (χ0) is 12.9. The maximum Gasteiger partial charge on any atom is 0.166 e. The second kappa shape index (κ2) is 5.56. The van der Waals surface area contributed by atoms with Gasteiger partial charge in [-0.1, -0.05) is 12.1 Å². The second-order valence-electron chi connectivity index (χ2n) is 4.24. The van der Waals surface area contributed by atoms with Crippen LogP contribution in [0.3, 0.4) is 0 Å². The van der Waals surface area contributed by atoms with Gasteiger partial charge in [-0.15, -0.1) is 0 Å². The van der Waals surface area contributed by atoms with E-state index in [1.165, 1.54) is 0 Å². The van der Waals surface area contributed by atoms with Crippen LogP contribution in [0.25, 0.3) is 0 Å². The molecule has 0 saturated carbocycles. The maximum atomic E-state index is 5.77. The monoisotopic (exact) mass is 257 g/mol. The van der Waals surface area contributed by atoms with Gasteiger partial charge < -0.3 is 14.8 Å². The predicted molar refractivity (Wildman–Crippen MR) is 71.4 cm³/mol. The third-order valence-electron chi connectivity index (χ3n) is 2.88. The van der Waals surface area contributed by atoms with E-state index in [1.54, 1.807) is 18.6 Å². The number of rotatable bonds is 3. The molecule has 1 aromatic heterocycles. The quantitative estimate of drug-likeness (QED) is 0.914. The largest absolute Gasteiger partial charge is 0.490 e. The van der Waals surface area contributed by atoms with Gasteiger partial charge in [-0.3, -0.25) is 4.98 Å². The third kappa shape index (κ3) is 2.76. The summed E-state index contributed by atoms with van der Waals surface area (Å²) in [5.74, 6) is 2.39. The molecule has 19 heavy (non-hydrogen) atoms. The van der Waals surface area contributed by atoms with Gasteiger partial charge in [0.1, 0.15) is 5.82 Å². The Kier molecular flexibility index (Phi) is 3.45. The van der Waals surface area contributed by atoms with E-state index < -0.39 is 0 Å². The molecule has 98 valence electrons. The maximum absolute atomic E-state index is 5.77. The molecule has 2 aromatic rings. The number of nitrogens with one attached hydrogen (secondary N) is 1. The molecule has 2 heterocycles. The lowest BCUT2D eigenvalue weighted by Gasteiger charge is -2.13. The zero-order valence-corrected chi connectivity index (χ0v) is 10.5. The summed E-state index contributed by atoms with van der Waals surface area (Å²) in [5, 5.41) is 3.22. The van der Waals surface area contributed by atoms with Crippen molar-refractivity contribution in [3.05, 3.63) is 42.4 Å². The van der Waals surface area contributed by atoms with Gasteiger partial charge in [-0.25, -0.2) is 4.98 Å². The number of fused-ring (bicyclic) bond motifs is 1.